The fourth-order valence-corrected chi connectivity index (χ4v) is 2.78. The quantitative estimate of drug-likeness (QED) is 0.672. The molecule has 0 spiro atoms. The largest absolute Gasteiger partial charge is 0.486 e. The van der Waals surface area contributed by atoms with Gasteiger partial charge in [-0.25, -0.2) is 4.98 Å². The van der Waals surface area contributed by atoms with Crippen LogP contribution in [-0.4, -0.2) is 22.0 Å². The van der Waals surface area contributed by atoms with E-state index < -0.39 is 0 Å². The Morgan fingerprint density at radius 3 is 2.62 bits per heavy atom. The number of ether oxygens (including phenoxy) is 1. The van der Waals surface area contributed by atoms with Gasteiger partial charge < -0.3 is 14.6 Å². The minimum Gasteiger partial charge on any atom is -0.486 e. The molecule has 3 rings (SSSR count). The van der Waals surface area contributed by atoms with Gasteiger partial charge in [0.25, 0.3) is 0 Å². The van der Waals surface area contributed by atoms with E-state index in [1.807, 2.05) is 59.2 Å². The highest BCUT2D eigenvalue weighted by molar-refractivity contribution is 5.81. The number of carbonyl (C=O) groups is 1. The summed E-state index contributed by atoms with van der Waals surface area (Å²) in [5, 5.41) is 2.99. The van der Waals surface area contributed by atoms with Gasteiger partial charge in [-0.1, -0.05) is 44.2 Å². The Morgan fingerprint density at radius 2 is 1.85 bits per heavy atom. The third kappa shape index (κ3) is 4.63. The third-order valence-electron chi connectivity index (χ3n) is 4.19. The number of imidazole rings is 1. The molecule has 3 aromatic rings. The molecule has 2 aromatic carbocycles. The van der Waals surface area contributed by atoms with Gasteiger partial charge in [-0.2, -0.15) is 0 Å². The van der Waals surface area contributed by atoms with Gasteiger partial charge in [-0.15, -0.1) is 0 Å². The van der Waals surface area contributed by atoms with E-state index in [4.69, 9.17) is 4.74 Å². The maximum atomic E-state index is 12.4. The van der Waals surface area contributed by atoms with Gasteiger partial charge in [0, 0.05) is 6.54 Å². The van der Waals surface area contributed by atoms with Crippen LogP contribution in [0.25, 0.3) is 11.0 Å². The van der Waals surface area contributed by atoms with Crippen molar-refractivity contribution in [1.29, 1.82) is 0 Å². The smallest absolute Gasteiger partial charge is 0.240 e. The van der Waals surface area contributed by atoms with Crippen molar-refractivity contribution in [2.75, 3.05) is 6.54 Å². The molecule has 0 aliphatic rings. The number of para-hydroxylation sites is 3. The fraction of sp³-hybridized carbons (Fsp3) is 0.333. The Kier molecular flexibility index (Phi) is 5.89. The molecule has 1 N–H and O–H groups in total. The van der Waals surface area contributed by atoms with E-state index in [-0.39, 0.29) is 12.5 Å². The Hall–Kier alpha value is -2.82. The molecule has 136 valence electrons. The van der Waals surface area contributed by atoms with Gasteiger partial charge in [0.05, 0.1) is 11.0 Å². The van der Waals surface area contributed by atoms with E-state index in [1.54, 1.807) is 0 Å². The number of aromatic nitrogens is 2. The van der Waals surface area contributed by atoms with Crippen LogP contribution in [0.1, 0.15) is 26.1 Å². The van der Waals surface area contributed by atoms with Crippen LogP contribution in [0.2, 0.25) is 0 Å². The van der Waals surface area contributed by atoms with Crippen LogP contribution in [0.5, 0.6) is 5.75 Å². The SMILES string of the molecule is CC(C)CCNC(=O)Cn1c(COc2ccccc2)nc2ccccc21. The first kappa shape index (κ1) is 18.0. The molecular formula is C21H25N3O2. The Balaban J connectivity index is 1.75. The lowest BCUT2D eigenvalue weighted by Gasteiger charge is -2.11. The Labute approximate surface area is 154 Å². The number of nitrogens with zero attached hydrogens (tertiary/aromatic N) is 2. The average Bonchev–Trinajstić information content (AvgIpc) is 2.98. The minimum absolute atomic E-state index is 0.00485. The second kappa shape index (κ2) is 8.52. The highest BCUT2D eigenvalue weighted by atomic mass is 16.5. The zero-order valence-corrected chi connectivity index (χ0v) is 15.3. The van der Waals surface area contributed by atoms with Crippen molar-refractivity contribution >= 4 is 16.9 Å². The summed E-state index contributed by atoms with van der Waals surface area (Å²) in [6.07, 6.45) is 0.973. The van der Waals surface area contributed by atoms with E-state index in [1.165, 1.54) is 0 Å². The number of carbonyl (C=O) groups excluding carboxylic acids is 1. The van der Waals surface area contributed by atoms with Gasteiger partial charge in [0.2, 0.25) is 5.91 Å². The zero-order valence-electron chi connectivity index (χ0n) is 15.3. The number of fused-ring (bicyclic) bond motifs is 1. The molecule has 5 heteroatoms. The van der Waals surface area contributed by atoms with Crippen molar-refractivity contribution in [1.82, 2.24) is 14.9 Å². The predicted molar refractivity (Wildman–Crippen MR) is 103 cm³/mol. The summed E-state index contributed by atoms with van der Waals surface area (Å²) in [6, 6.07) is 17.5. The Bertz CT molecular complexity index is 856. The molecule has 0 bridgehead atoms. The molecule has 5 nitrogen and oxygen atoms in total. The molecule has 1 heterocycles. The van der Waals surface area contributed by atoms with Crippen LogP contribution in [-0.2, 0) is 17.9 Å². The molecule has 0 radical (unpaired) electrons. The molecule has 0 aliphatic carbocycles. The number of hydrogen-bond donors (Lipinski definition) is 1. The lowest BCUT2D eigenvalue weighted by molar-refractivity contribution is -0.121. The van der Waals surface area contributed by atoms with Crippen LogP contribution in [0, 0.1) is 5.92 Å². The van der Waals surface area contributed by atoms with E-state index in [0.717, 1.165) is 29.0 Å². The van der Waals surface area contributed by atoms with Gasteiger partial charge in [0.15, 0.2) is 0 Å². The van der Waals surface area contributed by atoms with Crippen LogP contribution >= 0.6 is 0 Å². The maximum Gasteiger partial charge on any atom is 0.240 e. The van der Waals surface area contributed by atoms with Gasteiger partial charge in [-0.05, 0) is 36.6 Å². The van der Waals surface area contributed by atoms with Crippen molar-refractivity contribution in [3.05, 3.63) is 60.4 Å². The highest BCUT2D eigenvalue weighted by Gasteiger charge is 2.14. The number of amides is 1. The number of benzene rings is 2. The second-order valence-corrected chi connectivity index (χ2v) is 6.74. The van der Waals surface area contributed by atoms with E-state index in [0.29, 0.717) is 19.1 Å². The van der Waals surface area contributed by atoms with Crippen molar-refractivity contribution in [2.24, 2.45) is 5.92 Å². The topological polar surface area (TPSA) is 56.2 Å². The fourth-order valence-electron chi connectivity index (χ4n) is 2.78. The molecule has 26 heavy (non-hydrogen) atoms. The maximum absolute atomic E-state index is 12.4. The molecule has 0 aliphatic heterocycles. The molecule has 1 aromatic heterocycles. The van der Waals surface area contributed by atoms with Crippen LogP contribution < -0.4 is 10.1 Å². The molecule has 0 unspecified atom stereocenters. The first-order valence-corrected chi connectivity index (χ1v) is 9.02. The van der Waals surface area contributed by atoms with Gasteiger partial charge in [-0.3, -0.25) is 4.79 Å². The summed E-state index contributed by atoms with van der Waals surface area (Å²) < 4.78 is 7.77. The number of rotatable bonds is 8. The molecule has 0 saturated carbocycles. The monoisotopic (exact) mass is 351 g/mol. The van der Waals surface area contributed by atoms with Crippen LogP contribution in [0.4, 0.5) is 0 Å². The summed E-state index contributed by atoms with van der Waals surface area (Å²) >= 11 is 0. The first-order valence-electron chi connectivity index (χ1n) is 9.02. The third-order valence-corrected chi connectivity index (χ3v) is 4.19. The van der Waals surface area contributed by atoms with Crippen LogP contribution in [0.3, 0.4) is 0 Å². The number of hydrogen-bond acceptors (Lipinski definition) is 3. The number of nitrogens with one attached hydrogen (secondary N) is 1. The minimum atomic E-state index is -0.00485. The zero-order chi connectivity index (χ0) is 18.4. The molecular weight excluding hydrogens is 326 g/mol. The predicted octanol–water partition coefficient (Wildman–Crippen LogP) is 3.78. The lowest BCUT2D eigenvalue weighted by atomic mass is 10.1. The molecule has 0 fully saturated rings. The average molecular weight is 351 g/mol. The highest BCUT2D eigenvalue weighted by Crippen LogP contribution is 2.18. The summed E-state index contributed by atoms with van der Waals surface area (Å²) in [4.78, 5) is 17.0. The van der Waals surface area contributed by atoms with Gasteiger partial charge in [0.1, 0.15) is 24.7 Å². The molecule has 1 amide bonds. The van der Waals surface area contributed by atoms with Crippen molar-refractivity contribution in [3.8, 4) is 5.75 Å². The standard InChI is InChI=1S/C21H25N3O2/c1-16(2)12-13-22-21(25)14-24-19-11-7-6-10-18(19)23-20(24)15-26-17-8-4-3-5-9-17/h3-11,16H,12-15H2,1-2H3,(H,22,25). The lowest BCUT2D eigenvalue weighted by Crippen LogP contribution is -2.29. The normalized spacial score (nSPS) is 11.0. The summed E-state index contributed by atoms with van der Waals surface area (Å²) in [5.74, 6) is 2.09. The first-order chi connectivity index (χ1) is 12.6. The summed E-state index contributed by atoms with van der Waals surface area (Å²) in [5.41, 5.74) is 1.81. The van der Waals surface area contributed by atoms with Crippen molar-refractivity contribution in [3.63, 3.8) is 0 Å². The van der Waals surface area contributed by atoms with E-state index >= 15 is 0 Å². The summed E-state index contributed by atoms with van der Waals surface area (Å²) in [6.45, 7) is 5.55. The van der Waals surface area contributed by atoms with Crippen molar-refractivity contribution in [2.45, 2.75) is 33.4 Å². The van der Waals surface area contributed by atoms with Crippen molar-refractivity contribution < 1.29 is 9.53 Å². The van der Waals surface area contributed by atoms with Crippen LogP contribution in [0.15, 0.2) is 54.6 Å². The summed E-state index contributed by atoms with van der Waals surface area (Å²) in [7, 11) is 0. The Morgan fingerprint density at radius 1 is 1.12 bits per heavy atom. The molecule has 0 saturated heterocycles. The second-order valence-electron chi connectivity index (χ2n) is 6.74. The van der Waals surface area contributed by atoms with E-state index in [9.17, 15) is 4.79 Å². The van der Waals surface area contributed by atoms with E-state index in [2.05, 4.69) is 24.1 Å². The van der Waals surface area contributed by atoms with Gasteiger partial charge >= 0.3 is 0 Å². The molecule has 0 atom stereocenters.